The molecule has 0 spiro atoms. The highest BCUT2D eigenvalue weighted by Crippen LogP contribution is 2.37. The summed E-state index contributed by atoms with van der Waals surface area (Å²) in [6.45, 7) is 34.1. The highest BCUT2D eigenvalue weighted by Gasteiger charge is 2.56. The molecule has 2 aliphatic heterocycles. The average molecular weight is 2060 g/mol. The zero-order valence-corrected chi connectivity index (χ0v) is 98.8. The number of ether oxygens (including phenoxy) is 8. The third kappa shape index (κ3) is 73.4. The summed E-state index contributed by atoms with van der Waals surface area (Å²) in [6, 6.07) is 0. The van der Waals surface area contributed by atoms with Crippen molar-refractivity contribution in [2.24, 2.45) is 47.3 Å². The maximum absolute atomic E-state index is 15.1. The first kappa shape index (κ1) is 138. The molecule has 0 bridgehead atoms. The van der Waals surface area contributed by atoms with Crippen LogP contribution < -0.4 is 0 Å². The zero-order chi connectivity index (χ0) is 107. The molecule has 3 N–H and O–H groups in total. The fourth-order valence-electron chi connectivity index (χ4n) is 22.7. The van der Waals surface area contributed by atoms with Crippen molar-refractivity contribution in [2.45, 2.75) is 693 Å². The number of allylic oxidation sites excluding steroid dienone is 4. The van der Waals surface area contributed by atoms with Crippen molar-refractivity contribution in [1.82, 2.24) is 0 Å². The number of carbonyl (C=O) groups is 5. The molecule has 4 unspecified atom stereocenters. The molecule has 16 nitrogen and oxygen atoms in total. The zero-order valence-electron chi connectivity index (χ0n) is 98.8. The van der Waals surface area contributed by atoms with Crippen LogP contribution in [0.4, 0.5) is 0 Å². The second kappa shape index (κ2) is 94.6. The van der Waals surface area contributed by atoms with E-state index < -0.39 is 104 Å². The summed E-state index contributed by atoms with van der Waals surface area (Å²) in [6.07, 6.45) is 88.0. The van der Waals surface area contributed by atoms with E-state index in [0.29, 0.717) is 41.2 Å². The van der Waals surface area contributed by atoms with Gasteiger partial charge in [0, 0.05) is 28.7 Å². The molecular weight excluding hydrogens is 1820 g/mol. The Labute approximate surface area is 901 Å². The molecule has 0 aromatic rings. The van der Waals surface area contributed by atoms with Crippen LogP contribution in [0, 0.1) is 47.3 Å². The molecule has 0 aromatic heterocycles. The van der Waals surface area contributed by atoms with E-state index in [1.807, 2.05) is 24.3 Å². The molecule has 18 atom stereocenters. The summed E-state index contributed by atoms with van der Waals surface area (Å²) in [5.41, 5.74) is 1.18. The van der Waals surface area contributed by atoms with Gasteiger partial charge >= 0.3 is 29.8 Å². The average Bonchev–Trinajstić information content (AvgIpc) is 0.693. The molecule has 2 aliphatic rings. The predicted molar refractivity (Wildman–Crippen MR) is 614 cm³/mol. The summed E-state index contributed by atoms with van der Waals surface area (Å²) in [5.74, 6) is -2.17. The first-order chi connectivity index (χ1) is 70.7. The van der Waals surface area contributed by atoms with Crippen LogP contribution in [-0.4, -0.2) is 120 Å². The Bertz CT molecular complexity index is 3200. The number of hydrogen-bond acceptors (Lipinski definition) is 16. The number of carbonyl (C=O) groups excluding carboxylic acids is 5. The van der Waals surface area contributed by atoms with Crippen molar-refractivity contribution in [2.75, 3.05) is 13.2 Å². The van der Waals surface area contributed by atoms with Crippen LogP contribution in [0.25, 0.3) is 0 Å². The Hall–Kier alpha value is -3.93. The van der Waals surface area contributed by atoms with Gasteiger partial charge in [-0.05, 0) is 107 Å². The van der Waals surface area contributed by atoms with Gasteiger partial charge in [0.1, 0.15) is 31.0 Å². The van der Waals surface area contributed by atoms with E-state index in [1.54, 1.807) is 27.7 Å². The lowest BCUT2D eigenvalue weighted by Crippen LogP contribution is -2.66. The number of esters is 5. The van der Waals surface area contributed by atoms with Crippen molar-refractivity contribution in [3.05, 3.63) is 46.6 Å². The van der Waals surface area contributed by atoms with Crippen LogP contribution in [-0.2, 0) is 61.9 Å². The van der Waals surface area contributed by atoms with Crippen LogP contribution in [0.2, 0.25) is 0 Å². The topological polar surface area (TPSA) is 220 Å². The number of aliphatic hydroxyl groups is 3. The van der Waals surface area contributed by atoms with Gasteiger partial charge < -0.3 is 53.2 Å². The molecule has 146 heavy (non-hydrogen) atoms. The largest absolute Gasteiger partial charge is 0.459 e. The van der Waals surface area contributed by atoms with Crippen molar-refractivity contribution < 1.29 is 77.2 Å². The van der Waals surface area contributed by atoms with E-state index in [4.69, 9.17) is 37.9 Å². The molecular formula is C130H240O16. The second-order valence-electron chi connectivity index (χ2n) is 47.5. The standard InChI is InChI=1S/C130H240O16/c1-18-23-28-33-38-43-48-53-57-58-63-67-72-77-82-87-92-107(9)97-111(13)101-115(17)128(138)145-123-120(134)121(143-126(136)113(15)99-109(11)95-105(7)90-85-80-75-70-65-61-55-50-45-40-35-30-25-20-3)116(102-131)140-129(123)146-130-124(142-118(132)93-88-83-78-73-68-59-52-47-42-37-32-27-22-5)122(144-127(137)114(16)100-110(12)96-106(8)91-86-81-76-71-66-62-56-51-46-41-36-31-26-21-4)119(133)117(141-130)103-139-125(135)112(14)98-108(10)94-104(6)89-84-79-74-69-64-60-54-49-44-39-34-29-24-19-2/h98-101,104-111,116-117,119-124,129-131,133-134H,18-97,102-103H2,1-17H3/b112-98+,113-99+,114-100+,115-101+/t104-,105-,106-,107-,108-,109-,110-,111-,116?,117?,119+,120?,121+,122?,123-,124+,129+,130+/m0/s1. The molecule has 856 valence electrons. The monoisotopic (exact) mass is 2060 g/mol. The van der Waals surface area contributed by atoms with Crippen LogP contribution >= 0.6 is 0 Å². The molecule has 0 saturated carbocycles. The molecule has 2 rings (SSSR count). The highest BCUT2D eigenvalue weighted by molar-refractivity contribution is 5.89. The van der Waals surface area contributed by atoms with Crippen LogP contribution in [0.1, 0.15) is 631 Å². The lowest BCUT2D eigenvalue weighted by atomic mass is 9.91. The Kier molecular flexibility index (Phi) is 89.5. The Morgan fingerprint density at radius 1 is 0.253 bits per heavy atom. The smallest absolute Gasteiger partial charge is 0.333 e. The quantitative estimate of drug-likeness (QED) is 0.0223. The minimum absolute atomic E-state index is 0.00109. The van der Waals surface area contributed by atoms with Gasteiger partial charge in [-0.2, -0.15) is 0 Å². The van der Waals surface area contributed by atoms with Gasteiger partial charge in [0.25, 0.3) is 0 Å². The lowest BCUT2D eigenvalue weighted by Gasteiger charge is -2.47. The summed E-state index contributed by atoms with van der Waals surface area (Å²) in [5, 5.41) is 37.5. The van der Waals surface area contributed by atoms with Crippen molar-refractivity contribution in [3.63, 3.8) is 0 Å². The van der Waals surface area contributed by atoms with Crippen LogP contribution in [0.15, 0.2) is 46.6 Å². The fourth-order valence-corrected chi connectivity index (χ4v) is 22.7. The Balaban J connectivity index is 2.71. The molecule has 2 heterocycles. The number of hydrogen-bond donors (Lipinski definition) is 3. The summed E-state index contributed by atoms with van der Waals surface area (Å²) >= 11 is 0. The Morgan fingerprint density at radius 3 is 0.719 bits per heavy atom. The van der Waals surface area contributed by atoms with E-state index in [2.05, 4.69) is 90.0 Å². The molecule has 16 heteroatoms. The van der Waals surface area contributed by atoms with Crippen LogP contribution in [0.5, 0.6) is 0 Å². The summed E-state index contributed by atoms with van der Waals surface area (Å²) in [7, 11) is 0. The summed E-state index contributed by atoms with van der Waals surface area (Å²) in [4.78, 5) is 74.1. The Morgan fingerprint density at radius 2 is 0.466 bits per heavy atom. The van der Waals surface area contributed by atoms with Crippen molar-refractivity contribution in [3.8, 4) is 0 Å². The molecule has 0 radical (unpaired) electrons. The minimum Gasteiger partial charge on any atom is -0.459 e. The van der Waals surface area contributed by atoms with E-state index in [-0.39, 0.29) is 41.2 Å². The first-order valence-corrected chi connectivity index (χ1v) is 63.4. The SMILES string of the molecule is CCCCCCCCCCCCCCCCCC[C@H](C)C[C@H](C)/C=C(\C)C(=O)O[C@H]1C(O)[C@H](OC(=O)/C(C)=C/[C@@H](C)C[C@@H](C)CCCCCCCCCCCCCCCC)C(CO)O[C@@H]1O[C@H]1OC(COC(=O)/C(C)=C/[C@@H](C)C[C@@H](C)CCCCCCCCCCCCCCCC)[C@@H](O)C(OC(=O)/C(C)=C/[C@@H](C)C[C@@H](C)CCCCCCCCCCCCCCCC)[C@H]1OC(=O)CCCCCCCCCCCCCCC. The van der Waals surface area contributed by atoms with Gasteiger partial charge in [0.05, 0.1) is 6.61 Å². The normalized spacial score (nSPS) is 20.3. The number of rotatable bonds is 101. The van der Waals surface area contributed by atoms with Crippen molar-refractivity contribution >= 4 is 29.8 Å². The highest BCUT2D eigenvalue weighted by atomic mass is 16.8. The van der Waals surface area contributed by atoms with Gasteiger partial charge in [0.15, 0.2) is 24.4 Å². The van der Waals surface area contributed by atoms with Gasteiger partial charge in [0.2, 0.25) is 12.6 Å². The van der Waals surface area contributed by atoms with Gasteiger partial charge in [-0.25, -0.2) is 19.2 Å². The third-order valence-electron chi connectivity index (χ3n) is 31.8. The van der Waals surface area contributed by atoms with E-state index in [1.165, 1.54) is 398 Å². The molecule has 0 amide bonds. The molecule has 0 aromatic carbocycles. The maximum atomic E-state index is 15.1. The van der Waals surface area contributed by atoms with Gasteiger partial charge in [-0.3, -0.25) is 4.79 Å². The second-order valence-corrected chi connectivity index (χ2v) is 47.5. The number of aliphatic hydroxyl groups excluding tert-OH is 3. The van der Waals surface area contributed by atoms with Crippen molar-refractivity contribution in [1.29, 1.82) is 0 Å². The van der Waals surface area contributed by atoms with Gasteiger partial charge in [-0.15, -0.1) is 0 Å². The fraction of sp³-hybridized carbons (Fsp3) is 0.900. The van der Waals surface area contributed by atoms with Crippen LogP contribution in [0.3, 0.4) is 0 Å². The first-order valence-electron chi connectivity index (χ1n) is 63.4. The minimum atomic E-state index is -1.92. The third-order valence-corrected chi connectivity index (χ3v) is 31.8. The van der Waals surface area contributed by atoms with E-state index in [9.17, 15) is 29.7 Å². The van der Waals surface area contributed by atoms with Gasteiger partial charge in [-0.1, -0.05) is 589 Å². The lowest BCUT2D eigenvalue weighted by molar-refractivity contribution is -0.377. The predicted octanol–water partition coefficient (Wildman–Crippen LogP) is 37.5. The number of unbranched alkanes of at least 4 members (excludes halogenated alkanes) is 66. The molecule has 0 aliphatic carbocycles. The summed E-state index contributed by atoms with van der Waals surface area (Å²) < 4.78 is 52.2. The van der Waals surface area contributed by atoms with E-state index in [0.717, 1.165) is 103 Å². The molecule has 2 fully saturated rings. The maximum Gasteiger partial charge on any atom is 0.333 e. The van der Waals surface area contributed by atoms with E-state index >= 15 is 9.59 Å². The molecule has 2 saturated heterocycles.